The summed E-state index contributed by atoms with van der Waals surface area (Å²) in [6.45, 7) is 0. The number of amidine groups is 1. The Morgan fingerprint density at radius 2 is 1.73 bits per heavy atom. The summed E-state index contributed by atoms with van der Waals surface area (Å²) in [7, 11) is 0. The molecule has 2 aromatic carbocycles. The van der Waals surface area contributed by atoms with Gasteiger partial charge in [0.15, 0.2) is 5.17 Å². The third-order valence-electron chi connectivity index (χ3n) is 3.63. The summed E-state index contributed by atoms with van der Waals surface area (Å²) in [6.07, 6.45) is 3.28. The molecular weight excluding hydrogens is 346 g/mol. The van der Waals surface area contributed by atoms with Gasteiger partial charge in [0.05, 0.1) is 16.9 Å². The molecule has 0 radical (unpaired) electrons. The molecule has 2 N–H and O–H groups in total. The van der Waals surface area contributed by atoms with E-state index in [4.69, 9.17) is 4.42 Å². The monoisotopic (exact) mass is 361 g/mol. The fourth-order valence-electron chi connectivity index (χ4n) is 2.41. The largest absolute Gasteiger partial charge is 0.465 e. The normalized spacial score (nSPS) is 16.8. The highest BCUT2D eigenvalue weighted by molar-refractivity contribution is 8.18. The van der Waals surface area contributed by atoms with Crippen LogP contribution in [-0.4, -0.2) is 11.1 Å². The van der Waals surface area contributed by atoms with Crippen molar-refractivity contribution in [3.05, 3.63) is 83.7 Å². The molecular formula is C20H15N3O2S. The van der Waals surface area contributed by atoms with Crippen molar-refractivity contribution in [1.29, 1.82) is 0 Å². The van der Waals surface area contributed by atoms with Crippen molar-refractivity contribution in [2.45, 2.75) is 0 Å². The van der Waals surface area contributed by atoms with Crippen molar-refractivity contribution in [1.82, 2.24) is 5.32 Å². The number of nitrogens with zero attached hydrogens (tertiary/aromatic N) is 1. The highest BCUT2D eigenvalue weighted by atomic mass is 32.2. The van der Waals surface area contributed by atoms with E-state index in [9.17, 15) is 4.79 Å². The molecule has 0 spiro atoms. The Morgan fingerprint density at radius 3 is 2.46 bits per heavy atom. The summed E-state index contributed by atoms with van der Waals surface area (Å²) in [5.41, 5.74) is 2.77. The average Bonchev–Trinajstić information content (AvgIpc) is 3.28. The number of hydrogen-bond acceptors (Lipinski definition) is 5. The van der Waals surface area contributed by atoms with E-state index in [0.717, 1.165) is 17.1 Å². The molecule has 1 aliphatic heterocycles. The lowest BCUT2D eigenvalue weighted by Gasteiger charge is -2.06. The Hall–Kier alpha value is -3.25. The van der Waals surface area contributed by atoms with Gasteiger partial charge in [-0.15, -0.1) is 0 Å². The number of anilines is 2. The number of benzene rings is 2. The first-order valence-electron chi connectivity index (χ1n) is 8.01. The van der Waals surface area contributed by atoms with E-state index >= 15 is 0 Å². The van der Waals surface area contributed by atoms with Gasteiger partial charge in [0.25, 0.3) is 5.91 Å². The average molecular weight is 361 g/mol. The second kappa shape index (κ2) is 7.33. The minimum absolute atomic E-state index is 0.174. The number of carbonyl (C=O) groups is 1. The van der Waals surface area contributed by atoms with Gasteiger partial charge in [-0.3, -0.25) is 4.79 Å². The maximum Gasteiger partial charge on any atom is 0.264 e. The van der Waals surface area contributed by atoms with E-state index < -0.39 is 0 Å². The van der Waals surface area contributed by atoms with E-state index in [1.54, 1.807) is 24.5 Å². The van der Waals surface area contributed by atoms with E-state index in [-0.39, 0.29) is 5.91 Å². The van der Waals surface area contributed by atoms with Crippen LogP contribution in [0.25, 0.3) is 6.08 Å². The molecule has 0 bridgehead atoms. The lowest BCUT2D eigenvalue weighted by Crippen LogP contribution is -2.19. The van der Waals surface area contributed by atoms with Gasteiger partial charge in [-0.1, -0.05) is 18.2 Å². The van der Waals surface area contributed by atoms with Crippen LogP contribution in [0.3, 0.4) is 0 Å². The molecule has 1 aromatic heterocycles. The highest BCUT2D eigenvalue weighted by Crippen LogP contribution is 2.28. The molecule has 0 saturated carbocycles. The van der Waals surface area contributed by atoms with Gasteiger partial charge in [0, 0.05) is 17.5 Å². The summed E-state index contributed by atoms with van der Waals surface area (Å²) < 4.78 is 5.24. The highest BCUT2D eigenvalue weighted by Gasteiger charge is 2.24. The van der Waals surface area contributed by atoms with Gasteiger partial charge in [-0.25, -0.2) is 4.99 Å². The van der Waals surface area contributed by atoms with Crippen LogP contribution < -0.4 is 10.6 Å². The van der Waals surface area contributed by atoms with Crippen molar-refractivity contribution >= 4 is 46.0 Å². The number of para-hydroxylation sites is 1. The van der Waals surface area contributed by atoms with Crippen LogP contribution in [0.1, 0.15) is 5.76 Å². The Morgan fingerprint density at radius 1 is 0.962 bits per heavy atom. The molecule has 1 aliphatic rings. The fraction of sp³-hybridized carbons (Fsp3) is 0. The van der Waals surface area contributed by atoms with Crippen LogP contribution in [0.4, 0.5) is 17.1 Å². The summed E-state index contributed by atoms with van der Waals surface area (Å²) in [4.78, 5) is 17.1. The van der Waals surface area contributed by atoms with Gasteiger partial charge in [0.1, 0.15) is 5.76 Å². The molecule has 1 fully saturated rings. The van der Waals surface area contributed by atoms with Crippen LogP contribution in [0.2, 0.25) is 0 Å². The number of amides is 1. The zero-order valence-corrected chi connectivity index (χ0v) is 14.5. The first-order chi connectivity index (χ1) is 12.8. The molecule has 0 atom stereocenters. The fourth-order valence-corrected chi connectivity index (χ4v) is 3.23. The first-order valence-corrected chi connectivity index (χ1v) is 8.83. The van der Waals surface area contributed by atoms with E-state index in [2.05, 4.69) is 15.6 Å². The number of hydrogen-bond donors (Lipinski definition) is 2. The number of rotatable bonds is 4. The Bertz CT molecular complexity index is 962. The topological polar surface area (TPSA) is 66.6 Å². The second-order valence-electron chi connectivity index (χ2n) is 5.54. The van der Waals surface area contributed by atoms with E-state index in [0.29, 0.717) is 15.8 Å². The zero-order chi connectivity index (χ0) is 17.8. The molecule has 2 heterocycles. The SMILES string of the molecule is O=C1NC(=Nc2ccc(Nc3ccccc3)cc2)S/C1=C\c1ccco1. The standard InChI is InChI=1S/C20H15N3O2S/c24-19-18(13-17-7-4-12-25-17)26-20(23-19)22-16-10-8-15(9-11-16)21-14-5-2-1-3-6-14/h1-13,21H,(H,22,23,24)/b18-13-. The zero-order valence-electron chi connectivity index (χ0n) is 13.7. The van der Waals surface area contributed by atoms with Crippen molar-refractivity contribution in [2.24, 2.45) is 4.99 Å². The molecule has 0 unspecified atom stereocenters. The maximum absolute atomic E-state index is 12.0. The molecule has 5 nitrogen and oxygen atoms in total. The molecule has 0 aliphatic carbocycles. The molecule has 6 heteroatoms. The lowest BCUT2D eigenvalue weighted by atomic mass is 10.2. The van der Waals surface area contributed by atoms with E-state index in [1.165, 1.54) is 11.8 Å². The molecule has 26 heavy (non-hydrogen) atoms. The van der Waals surface area contributed by atoms with E-state index in [1.807, 2.05) is 54.6 Å². The van der Waals surface area contributed by atoms with Crippen molar-refractivity contribution < 1.29 is 9.21 Å². The number of thioether (sulfide) groups is 1. The summed E-state index contributed by atoms with van der Waals surface area (Å²) >= 11 is 1.29. The summed E-state index contributed by atoms with van der Waals surface area (Å²) in [6, 6.07) is 21.2. The van der Waals surface area contributed by atoms with Crippen molar-refractivity contribution in [3.8, 4) is 0 Å². The van der Waals surface area contributed by atoms with Gasteiger partial charge in [0.2, 0.25) is 0 Å². The van der Waals surface area contributed by atoms with Crippen LogP contribution in [0, 0.1) is 0 Å². The number of nitrogens with one attached hydrogen (secondary N) is 2. The molecule has 128 valence electrons. The summed E-state index contributed by atoms with van der Waals surface area (Å²) in [5, 5.41) is 6.64. The Labute approximate surface area is 154 Å². The minimum atomic E-state index is -0.174. The smallest absolute Gasteiger partial charge is 0.264 e. The van der Waals surface area contributed by atoms with Crippen LogP contribution in [-0.2, 0) is 4.79 Å². The molecule has 1 amide bonds. The molecule has 3 aromatic rings. The Kier molecular flexibility index (Phi) is 4.57. The van der Waals surface area contributed by atoms with Gasteiger partial charge in [-0.05, 0) is 60.3 Å². The van der Waals surface area contributed by atoms with Gasteiger partial charge in [-0.2, -0.15) is 0 Å². The minimum Gasteiger partial charge on any atom is -0.465 e. The second-order valence-corrected chi connectivity index (χ2v) is 6.57. The summed E-state index contributed by atoms with van der Waals surface area (Å²) in [5.74, 6) is 0.466. The predicted molar refractivity (Wildman–Crippen MR) is 106 cm³/mol. The number of aliphatic imine (C=N–C) groups is 1. The number of furan rings is 1. The quantitative estimate of drug-likeness (QED) is 0.648. The van der Waals surface area contributed by atoms with Crippen LogP contribution in [0.15, 0.2) is 87.3 Å². The van der Waals surface area contributed by atoms with Gasteiger partial charge < -0.3 is 15.1 Å². The lowest BCUT2D eigenvalue weighted by molar-refractivity contribution is -0.115. The van der Waals surface area contributed by atoms with Gasteiger partial charge >= 0.3 is 0 Å². The molecule has 4 rings (SSSR count). The van der Waals surface area contributed by atoms with Crippen molar-refractivity contribution in [3.63, 3.8) is 0 Å². The first kappa shape index (κ1) is 16.2. The third-order valence-corrected chi connectivity index (χ3v) is 4.54. The molecule has 1 saturated heterocycles. The Balaban J connectivity index is 1.46. The third kappa shape index (κ3) is 3.87. The predicted octanol–water partition coefficient (Wildman–Crippen LogP) is 4.91. The van der Waals surface area contributed by atoms with Crippen LogP contribution >= 0.6 is 11.8 Å². The van der Waals surface area contributed by atoms with Crippen LogP contribution in [0.5, 0.6) is 0 Å². The maximum atomic E-state index is 12.0. The number of carbonyl (C=O) groups excluding carboxylic acids is 1. The van der Waals surface area contributed by atoms with Crippen molar-refractivity contribution in [2.75, 3.05) is 5.32 Å².